The molecule has 2 nitrogen and oxygen atoms in total. The minimum Gasteiger partial charge on any atom is -0.379 e. The summed E-state index contributed by atoms with van der Waals surface area (Å²) >= 11 is 0. The number of ether oxygens (including phenoxy) is 1. The van der Waals surface area contributed by atoms with Crippen molar-refractivity contribution in [3.63, 3.8) is 0 Å². The lowest BCUT2D eigenvalue weighted by Gasteiger charge is -2.47. The van der Waals surface area contributed by atoms with Gasteiger partial charge in [-0.05, 0) is 44.4 Å². The summed E-state index contributed by atoms with van der Waals surface area (Å²) in [6.07, 6.45) is 2.59. The third kappa shape index (κ3) is 1.71. The SMILES string of the molecule is Cc1ccc(C)c(C2(C3CCCN3)COC2)c1. The molecule has 1 atom stereocenters. The Hall–Kier alpha value is -0.860. The molecule has 0 radical (unpaired) electrons. The van der Waals surface area contributed by atoms with Gasteiger partial charge in [-0.2, -0.15) is 0 Å². The highest BCUT2D eigenvalue weighted by molar-refractivity contribution is 5.40. The van der Waals surface area contributed by atoms with E-state index in [-0.39, 0.29) is 5.41 Å². The van der Waals surface area contributed by atoms with Gasteiger partial charge >= 0.3 is 0 Å². The molecule has 2 aliphatic rings. The van der Waals surface area contributed by atoms with Gasteiger partial charge in [0, 0.05) is 6.04 Å². The molecule has 1 N–H and O–H groups in total. The quantitative estimate of drug-likeness (QED) is 0.843. The molecule has 2 heteroatoms. The number of benzene rings is 1. The van der Waals surface area contributed by atoms with Gasteiger partial charge in [-0.25, -0.2) is 0 Å². The first kappa shape index (κ1) is 11.2. The number of hydrogen-bond acceptors (Lipinski definition) is 2. The predicted octanol–water partition coefficient (Wildman–Crippen LogP) is 2.32. The molecule has 2 aliphatic heterocycles. The Morgan fingerprint density at radius 2 is 2.12 bits per heavy atom. The zero-order valence-electron chi connectivity index (χ0n) is 10.8. The van der Waals surface area contributed by atoms with E-state index in [1.165, 1.54) is 29.5 Å². The smallest absolute Gasteiger partial charge is 0.0600 e. The molecule has 0 aliphatic carbocycles. The van der Waals surface area contributed by atoms with Crippen molar-refractivity contribution >= 4 is 0 Å². The molecule has 1 unspecified atom stereocenters. The van der Waals surface area contributed by atoms with Crippen LogP contribution in [0.4, 0.5) is 0 Å². The van der Waals surface area contributed by atoms with Crippen molar-refractivity contribution < 1.29 is 4.74 Å². The van der Waals surface area contributed by atoms with Crippen molar-refractivity contribution in [1.29, 1.82) is 0 Å². The second-order valence-electron chi connectivity index (χ2n) is 5.62. The fourth-order valence-electron chi connectivity index (χ4n) is 3.29. The zero-order chi connectivity index (χ0) is 11.9. The summed E-state index contributed by atoms with van der Waals surface area (Å²) in [6.45, 7) is 7.34. The minimum atomic E-state index is 0.243. The molecule has 3 rings (SSSR count). The van der Waals surface area contributed by atoms with E-state index in [0.29, 0.717) is 6.04 Å². The van der Waals surface area contributed by atoms with Crippen LogP contribution in [0.3, 0.4) is 0 Å². The number of hydrogen-bond donors (Lipinski definition) is 1. The maximum atomic E-state index is 5.56. The molecule has 0 bridgehead atoms. The van der Waals surface area contributed by atoms with E-state index < -0.39 is 0 Å². The number of aryl methyl sites for hydroxylation is 2. The average Bonchev–Trinajstić information content (AvgIpc) is 2.75. The second-order valence-corrected chi connectivity index (χ2v) is 5.62. The Balaban J connectivity index is 2.01. The molecular formula is C15H21NO. The molecule has 0 saturated carbocycles. The molecule has 2 saturated heterocycles. The second kappa shape index (κ2) is 4.11. The lowest BCUT2D eigenvalue weighted by Crippen LogP contribution is -2.58. The molecule has 1 aromatic carbocycles. The van der Waals surface area contributed by atoms with Crippen LogP contribution in [-0.2, 0) is 10.2 Å². The Morgan fingerprint density at radius 1 is 1.29 bits per heavy atom. The largest absolute Gasteiger partial charge is 0.379 e. The van der Waals surface area contributed by atoms with Gasteiger partial charge in [0.15, 0.2) is 0 Å². The summed E-state index contributed by atoms with van der Waals surface area (Å²) in [5.41, 5.74) is 4.51. The van der Waals surface area contributed by atoms with Gasteiger partial charge in [0.1, 0.15) is 0 Å². The van der Waals surface area contributed by atoms with Crippen LogP contribution in [0.15, 0.2) is 18.2 Å². The first-order chi connectivity index (χ1) is 8.22. The molecule has 0 amide bonds. The highest BCUT2D eigenvalue weighted by atomic mass is 16.5. The summed E-state index contributed by atoms with van der Waals surface area (Å²) in [4.78, 5) is 0. The van der Waals surface area contributed by atoms with E-state index in [2.05, 4.69) is 37.4 Å². The molecule has 0 aromatic heterocycles. The van der Waals surface area contributed by atoms with Crippen LogP contribution < -0.4 is 5.32 Å². The van der Waals surface area contributed by atoms with Crippen LogP contribution in [-0.4, -0.2) is 25.8 Å². The molecule has 2 fully saturated rings. The monoisotopic (exact) mass is 231 g/mol. The van der Waals surface area contributed by atoms with Crippen LogP contribution in [0.25, 0.3) is 0 Å². The summed E-state index contributed by atoms with van der Waals surface area (Å²) in [6, 6.07) is 7.42. The Kier molecular flexibility index (Phi) is 2.72. The number of nitrogens with one attached hydrogen (secondary N) is 1. The van der Waals surface area contributed by atoms with Crippen LogP contribution in [0.5, 0.6) is 0 Å². The summed E-state index contributed by atoms with van der Waals surface area (Å²) in [5, 5.41) is 3.66. The molecule has 17 heavy (non-hydrogen) atoms. The standard InChI is InChI=1S/C15H21NO/c1-11-5-6-12(2)13(8-11)15(9-17-10-15)14-4-3-7-16-14/h5-6,8,14,16H,3-4,7,9-10H2,1-2H3. The summed E-state index contributed by atoms with van der Waals surface area (Å²) in [7, 11) is 0. The van der Waals surface area contributed by atoms with E-state index in [1.807, 2.05) is 0 Å². The summed E-state index contributed by atoms with van der Waals surface area (Å²) < 4.78 is 5.56. The van der Waals surface area contributed by atoms with Crippen molar-refractivity contribution in [2.24, 2.45) is 0 Å². The maximum absolute atomic E-state index is 5.56. The average molecular weight is 231 g/mol. The fourth-order valence-corrected chi connectivity index (χ4v) is 3.29. The number of rotatable bonds is 2. The highest BCUT2D eigenvalue weighted by Crippen LogP contribution is 2.40. The molecule has 1 aromatic rings. The topological polar surface area (TPSA) is 21.3 Å². The Morgan fingerprint density at radius 3 is 2.71 bits per heavy atom. The highest BCUT2D eigenvalue weighted by Gasteiger charge is 2.48. The third-order valence-corrected chi connectivity index (χ3v) is 4.38. The maximum Gasteiger partial charge on any atom is 0.0600 e. The lowest BCUT2D eigenvalue weighted by atomic mass is 9.70. The van der Waals surface area contributed by atoms with Gasteiger partial charge in [0.2, 0.25) is 0 Å². The van der Waals surface area contributed by atoms with Crippen molar-refractivity contribution in [3.8, 4) is 0 Å². The van der Waals surface area contributed by atoms with Gasteiger partial charge in [0.25, 0.3) is 0 Å². The Labute approximate surface area is 103 Å². The third-order valence-electron chi connectivity index (χ3n) is 4.38. The van der Waals surface area contributed by atoms with E-state index >= 15 is 0 Å². The molecule has 2 heterocycles. The summed E-state index contributed by atoms with van der Waals surface area (Å²) in [5.74, 6) is 0. The lowest BCUT2D eigenvalue weighted by molar-refractivity contribution is -0.0763. The molecule has 0 spiro atoms. The van der Waals surface area contributed by atoms with Crippen molar-refractivity contribution in [3.05, 3.63) is 34.9 Å². The first-order valence-electron chi connectivity index (χ1n) is 6.61. The molecule has 92 valence electrons. The normalized spacial score (nSPS) is 26.8. The van der Waals surface area contributed by atoms with Crippen LogP contribution in [0.2, 0.25) is 0 Å². The van der Waals surface area contributed by atoms with E-state index in [4.69, 9.17) is 4.74 Å². The van der Waals surface area contributed by atoms with Crippen LogP contribution in [0.1, 0.15) is 29.5 Å². The van der Waals surface area contributed by atoms with Gasteiger partial charge in [-0.3, -0.25) is 0 Å². The van der Waals surface area contributed by atoms with E-state index in [9.17, 15) is 0 Å². The zero-order valence-corrected chi connectivity index (χ0v) is 10.8. The van der Waals surface area contributed by atoms with Gasteiger partial charge in [0.05, 0.1) is 18.6 Å². The van der Waals surface area contributed by atoms with Crippen molar-refractivity contribution in [2.75, 3.05) is 19.8 Å². The first-order valence-corrected chi connectivity index (χ1v) is 6.61. The Bertz CT molecular complexity index is 417. The van der Waals surface area contributed by atoms with Crippen molar-refractivity contribution in [1.82, 2.24) is 5.32 Å². The van der Waals surface area contributed by atoms with Gasteiger partial charge in [-0.15, -0.1) is 0 Å². The minimum absolute atomic E-state index is 0.243. The van der Waals surface area contributed by atoms with E-state index in [0.717, 1.165) is 19.8 Å². The van der Waals surface area contributed by atoms with Gasteiger partial charge in [-0.1, -0.05) is 23.8 Å². The van der Waals surface area contributed by atoms with E-state index in [1.54, 1.807) is 0 Å². The van der Waals surface area contributed by atoms with Crippen molar-refractivity contribution in [2.45, 2.75) is 38.1 Å². The van der Waals surface area contributed by atoms with Crippen LogP contribution in [0, 0.1) is 13.8 Å². The van der Waals surface area contributed by atoms with Crippen LogP contribution >= 0.6 is 0 Å². The fraction of sp³-hybridized carbons (Fsp3) is 0.600. The predicted molar refractivity (Wildman–Crippen MR) is 69.4 cm³/mol. The van der Waals surface area contributed by atoms with Gasteiger partial charge < -0.3 is 10.1 Å². The molecular weight excluding hydrogens is 210 g/mol.